The molecule has 2 aromatic heterocycles. The first-order chi connectivity index (χ1) is 13.2. The lowest BCUT2D eigenvalue weighted by molar-refractivity contribution is -0.659. The van der Waals surface area contributed by atoms with Gasteiger partial charge in [-0.05, 0) is 43.2 Å². The molecule has 0 aliphatic carbocycles. The second-order valence-electron chi connectivity index (χ2n) is 8.68. The van der Waals surface area contributed by atoms with Crippen molar-refractivity contribution in [3.8, 4) is 17.3 Å². The van der Waals surface area contributed by atoms with Gasteiger partial charge in [0.25, 0.3) is 0 Å². The van der Waals surface area contributed by atoms with Crippen LogP contribution in [0.3, 0.4) is 0 Å². The minimum atomic E-state index is -1.41. The third-order valence-corrected chi connectivity index (χ3v) is 7.66. The lowest BCUT2D eigenvalue weighted by atomic mass is 9.99. The SMILES string of the molecule is Cc1cc(-c2c(C)ccc3c2oc2cc(C#N)ccc23)[n+](C)cc1[Si](C)(C)C. The molecule has 28 heavy (non-hydrogen) atoms. The quantitative estimate of drug-likeness (QED) is 0.355. The number of hydrogen-bond donors (Lipinski definition) is 0. The van der Waals surface area contributed by atoms with E-state index >= 15 is 0 Å². The van der Waals surface area contributed by atoms with Crippen LogP contribution >= 0.6 is 0 Å². The molecule has 0 aliphatic rings. The van der Waals surface area contributed by atoms with Crippen LogP contribution in [0.4, 0.5) is 0 Å². The van der Waals surface area contributed by atoms with Crippen molar-refractivity contribution in [1.29, 1.82) is 5.26 Å². The fourth-order valence-electron chi connectivity index (χ4n) is 4.11. The van der Waals surface area contributed by atoms with Crippen LogP contribution in [0, 0.1) is 25.2 Å². The van der Waals surface area contributed by atoms with E-state index in [1.165, 1.54) is 16.3 Å². The highest BCUT2D eigenvalue weighted by atomic mass is 28.3. The third kappa shape index (κ3) is 2.83. The van der Waals surface area contributed by atoms with E-state index in [1.807, 2.05) is 18.2 Å². The highest BCUT2D eigenvalue weighted by molar-refractivity contribution is 6.88. The number of aryl methyl sites for hydroxylation is 3. The van der Waals surface area contributed by atoms with E-state index in [0.29, 0.717) is 5.56 Å². The number of fused-ring (bicyclic) bond motifs is 3. The Kier molecular flexibility index (Phi) is 4.17. The van der Waals surface area contributed by atoms with Crippen molar-refractivity contribution >= 4 is 35.2 Å². The fraction of sp³-hybridized carbons (Fsp3) is 0.250. The number of nitriles is 1. The van der Waals surface area contributed by atoms with Crippen LogP contribution in [0.15, 0.2) is 47.0 Å². The first-order valence-electron chi connectivity index (χ1n) is 9.58. The Morgan fingerprint density at radius 1 is 0.964 bits per heavy atom. The van der Waals surface area contributed by atoms with Crippen molar-refractivity contribution in [2.24, 2.45) is 7.05 Å². The molecule has 140 valence electrons. The molecule has 0 radical (unpaired) electrons. The van der Waals surface area contributed by atoms with Gasteiger partial charge in [0.15, 0.2) is 6.20 Å². The van der Waals surface area contributed by atoms with Crippen LogP contribution in [0.25, 0.3) is 33.2 Å². The second-order valence-corrected chi connectivity index (χ2v) is 13.7. The summed E-state index contributed by atoms with van der Waals surface area (Å²) in [6, 6.07) is 14.4. The Hall–Kier alpha value is -2.90. The van der Waals surface area contributed by atoms with Gasteiger partial charge in [-0.2, -0.15) is 5.26 Å². The zero-order valence-electron chi connectivity index (χ0n) is 17.3. The summed E-state index contributed by atoms with van der Waals surface area (Å²) in [5, 5.41) is 12.8. The van der Waals surface area contributed by atoms with Gasteiger partial charge >= 0.3 is 0 Å². The van der Waals surface area contributed by atoms with Crippen molar-refractivity contribution in [3.63, 3.8) is 0 Å². The molecule has 0 N–H and O–H groups in total. The second kappa shape index (κ2) is 6.32. The van der Waals surface area contributed by atoms with Crippen LogP contribution in [-0.2, 0) is 7.05 Å². The number of hydrogen-bond acceptors (Lipinski definition) is 2. The summed E-state index contributed by atoms with van der Waals surface area (Å²) in [5.74, 6) is 0. The monoisotopic (exact) mass is 385 g/mol. The van der Waals surface area contributed by atoms with E-state index in [2.05, 4.69) is 75.6 Å². The number of aromatic nitrogens is 1. The van der Waals surface area contributed by atoms with Crippen molar-refractivity contribution in [2.75, 3.05) is 0 Å². The number of pyridine rings is 1. The molecule has 0 spiro atoms. The van der Waals surface area contributed by atoms with Gasteiger partial charge in [0.1, 0.15) is 18.2 Å². The molecule has 2 aromatic carbocycles. The molecule has 0 unspecified atom stereocenters. The topological polar surface area (TPSA) is 40.8 Å². The Balaban J connectivity index is 2.05. The summed E-state index contributed by atoms with van der Waals surface area (Å²) in [7, 11) is 0.706. The summed E-state index contributed by atoms with van der Waals surface area (Å²) >= 11 is 0. The van der Waals surface area contributed by atoms with Gasteiger partial charge in [0, 0.05) is 22.0 Å². The van der Waals surface area contributed by atoms with Crippen LogP contribution in [-0.4, -0.2) is 8.07 Å². The Morgan fingerprint density at radius 2 is 1.68 bits per heavy atom. The average Bonchev–Trinajstić information content (AvgIpc) is 3.00. The lowest BCUT2D eigenvalue weighted by Crippen LogP contribution is -2.46. The molecule has 0 aliphatic heterocycles. The molecule has 0 fully saturated rings. The lowest BCUT2D eigenvalue weighted by Gasteiger charge is -2.18. The maximum atomic E-state index is 9.22. The number of nitrogens with zero attached hydrogens (tertiary/aromatic N) is 2. The summed E-state index contributed by atoms with van der Waals surface area (Å²) < 4.78 is 8.53. The van der Waals surface area contributed by atoms with Gasteiger partial charge in [0.2, 0.25) is 5.69 Å². The smallest absolute Gasteiger partial charge is 0.216 e. The Labute approximate surface area is 166 Å². The van der Waals surface area contributed by atoms with E-state index < -0.39 is 8.07 Å². The van der Waals surface area contributed by atoms with Gasteiger partial charge in [-0.3, -0.25) is 0 Å². The van der Waals surface area contributed by atoms with E-state index in [0.717, 1.165) is 33.2 Å². The molecule has 0 saturated heterocycles. The molecule has 2 heterocycles. The van der Waals surface area contributed by atoms with E-state index in [-0.39, 0.29) is 0 Å². The van der Waals surface area contributed by atoms with Crippen molar-refractivity contribution in [2.45, 2.75) is 33.5 Å². The van der Waals surface area contributed by atoms with Gasteiger partial charge < -0.3 is 4.42 Å². The molecule has 0 saturated carbocycles. The summed E-state index contributed by atoms with van der Waals surface area (Å²) in [4.78, 5) is 0. The van der Waals surface area contributed by atoms with Crippen LogP contribution in [0.5, 0.6) is 0 Å². The third-order valence-electron chi connectivity index (χ3n) is 5.52. The molecular weight excluding hydrogens is 360 g/mol. The predicted molar refractivity (Wildman–Crippen MR) is 118 cm³/mol. The summed E-state index contributed by atoms with van der Waals surface area (Å²) in [5.41, 5.74) is 7.07. The standard InChI is InChI=1S/C24H25N2OSi/c1-15-7-9-19-18-10-8-17(13-25)12-21(18)27-24(19)23(15)20-11-16(2)22(14-26(20)3)28(4,5)6/h7-12,14H,1-6H3/q+1. The first kappa shape index (κ1) is 18.5. The minimum Gasteiger partial charge on any atom is -0.455 e. The van der Waals surface area contributed by atoms with Crippen LogP contribution < -0.4 is 9.75 Å². The molecule has 0 atom stereocenters. The Morgan fingerprint density at radius 3 is 2.36 bits per heavy atom. The number of furan rings is 1. The number of rotatable bonds is 2. The zero-order valence-corrected chi connectivity index (χ0v) is 18.3. The average molecular weight is 386 g/mol. The minimum absolute atomic E-state index is 0.616. The fourth-order valence-corrected chi connectivity index (χ4v) is 5.95. The van der Waals surface area contributed by atoms with Crippen LogP contribution in [0.1, 0.15) is 16.7 Å². The molecule has 0 bridgehead atoms. The van der Waals surface area contributed by atoms with Crippen molar-refractivity contribution < 1.29 is 8.98 Å². The Bertz CT molecular complexity index is 1290. The van der Waals surface area contributed by atoms with Gasteiger partial charge in [-0.1, -0.05) is 31.8 Å². The molecule has 0 amide bonds. The van der Waals surface area contributed by atoms with E-state index in [9.17, 15) is 5.26 Å². The summed E-state index contributed by atoms with van der Waals surface area (Å²) in [6.07, 6.45) is 2.30. The van der Waals surface area contributed by atoms with Crippen molar-refractivity contribution in [1.82, 2.24) is 0 Å². The van der Waals surface area contributed by atoms with Gasteiger partial charge in [-0.25, -0.2) is 4.57 Å². The van der Waals surface area contributed by atoms with Gasteiger partial charge in [0.05, 0.1) is 25.3 Å². The highest BCUT2D eigenvalue weighted by Gasteiger charge is 2.26. The summed E-state index contributed by atoms with van der Waals surface area (Å²) in [6.45, 7) is 11.5. The maximum absolute atomic E-state index is 9.22. The maximum Gasteiger partial charge on any atom is 0.216 e. The van der Waals surface area contributed by atoms with Gasteiger partial charge in [-0.15, -0.1) is 0 Å². The zero-order chi connectivity index (χ0) is 20.2. The van der Waals surface area contributed by atoms with E-state index in [4.69, 9.17) is 4.42 Å². The molecule has 4 heteroatoms. The first-order valence-corrected chi connectivity index (χ1v) is 13.1. The normalized spacial score (nSPS) is 11.9. The molecule has 3 nitrogen and oxygen atoms in total. The predicted octanol–water partition coefficient (Wildman–Crippen LogP) is 5.11. The molecular formula is C24H25N2OSi+. The highest BCUT2D eigenvalue weighted by Crippen LogP contribution is 2.37. The van der Waals surface area contributed by atoms with Crippen molar-refractivity contribution in [3.05, 3.63) is 59.3 Å². The number of benzene rings is 2. The van der Waals surface area contributed by atoms with Crippen LogP contribution in [0.2, 0.25) is 19.6 Å². The van der Waals surface area contributed by atoms with E-state index in [1.54, 1.807) is 0 Å². The largest absolute Gasteiger partial charge is 0.455 e. The molecule has 4 rings (SSSR count). The molecule has 4 aromatic rings.